The van der Waals surface area contributed by atoms with E-state index in [1.807, 2.05) is 13.0 Å². The fourth-order valence-electron chi connectivity index (χ4n) is 2.18. The van der Waals surface area contributed by atoms with Crippen molar-refractivity contribution in [2.75, 3.05) is 5.32 Å². The van der Waals surface area contributed by atoms with Crippen LogP contribution >= 0.6 is 22.7 Å². The van der Waals surface area contributed by atoms with Crippen molar-refractivity contribution in [2.45, 2.75) is 32.9 Å². The van der Waals surface area contributed by atoms with Crippen LogP contribution < -0.4 is 11.1 Å². The number of aromatic nitrogens is 3. The Bertz CT molecular complexity index is 733. The van der Waals surface area contributed by atoms with E-state index in [4.69, 9.17) is 5.73 Å². The average Bonchev–Trinajstić information content (AvgIpc) is 3.06. The Morgan fingerprint density at radius 2 is 2.24 bits per heavy atom. The predicted octanol–water partition coefficient (Wildman–Crippen LogP) is 2.96. The molecule has 0 aliphatic rings. The molecule has 110 valence electrons. The molecule has 0 aromatic carbocycles. The number of aryl methyl sites for hydroxylation is 1. The number of rotatable bonds is 5. The standard InChI is InChI=1S/C14H17N5S2/c1-8(15)6-11-9(2)12-13(21-11)14(18-19-17-12)16-7-10-4-3-5-20-10/h3-5,8H,6-7,15H2,1-2H3,(H,16,17,18). The summed E-state index contributed by atoms with van der Waals surface area (Å²) in [6.07, 6.45) is 0.858. The smallest absolute Gasteiger partial charge is 0.170 e. The second kappa shape index (κ2) is 6.05. The molecule has 0 fully saturated rings. The Kier molecular flexibility index (Phi) is 4.14. The summed E-state index contributed by atoms with van der Waals surface area (Å²) < 4.78 is 1.06. The van der Waals surface area contributed by atoms with Gasteiger partial charge in [-0.25, -0.2) is 0 Å². The third-order valence-corrected chi connectivity index (χ3v) is 5.42. The van der Waals surface area contributed by atoms with Gasteiger partial charge in [0.2, 0.25) is 0 Å². The van der Waals surface area contributed by atoms with Crippen LogP contribution in [0.1, 0.15) is 22.2 Å². The zero-order valence-corrected chi connectivity index (χ0v) is 13.6. The Balaban J connectivity index is 1.91. The van der Waals surface area contributed by atoms with Crippen LogP contribution in [-0.4, -0.2) is 21.5 Å². The van der Waals surface area contributed by atoms with Crippen molar-refractivity contribution in [1.82, 2.24) is 15.4 Å². The van der Waals surface area contributed by atoms with Gasteiger partial charge in [-0.1, -0.05) is 6.07 Å². The molecule has 21 heavy (non-hydrogen) atoms. The minimum Gasteiger partial charge on any atom is -0.362 e. The summed E-state index contributed by atoms with van der Waals surface area (Å²) >= 11 is 3.44. The van der Waals surface area contributed by atoms with E-state index in [9.17, 15) is 0 Å². The molecule has 0 radical (unpaired) electrons. The van der Waals surface area contributed by atoms with Crippen LogP contribution in [0, 0.1) is 6.92 Å². The quantitative estimate of drug-likeness (QED) is 0.756. The monoisotopic (exact) mass is 319 g/mol. The summed E-state index contributed by atoms with van der Waals surface area (Å²) in [6, 6.07) is 4.29. The maximum Gasteiger partial charge on any atom is 0.170 e. The van der Waals surface area contributed by atoms with Crippen LogP contribution in [0.3, 0.4) is 0 Å². The molecule has 3 rings (SSSR count). The Hall–Kier alpha value is -1.57. The summed E-state index contributed by atoms with van der Waals surface area (Å²) in [7, 11) is 0. The van der Waals surface area contributed by atoms with Gasteiger partial charge in [-0.2, -0.15) is 0 Å². The summed E-state index contributed by atoms with van der Waals surface area (Å²) in [6.45, 7) is 4.85. The molecule has 0 bridgehead atoms. The van der Waals surface area contributed by atoms with Gasteiger partial charge in [0.15, 0.2) is 5.82 Å². The van der Waals surface area contributed by atoms with Gasteiger partial charge in [-0.3, -0.25) is 0 Å². The van der Waals surface area contributed by atoms with Gasteiger partial charge >= 0.3 is 0 Å². The molecule has 5 nitrogen and oxygen atoms in total. The Morgan fingerprint density at radius 1 is 1.38 bits per heavy atom. The van der Waals surface area contributed by atoms with E-state index in [1.54, 1.807) is 22.7 Å². The second-order valence-corrected chi connectivity index (χ2v) is 7.22. The minimum atomic E-state index is 0.139. The van der Waals surface area contributed by atoms with Crippen molar-refractivity contribution in [1.29, 1.82) is 0 Å². The molecule has 3 aromatic rings. The minimum absolute atomic E-state index is 0.139. The van der Waals surface area contributed by atoms with Crippen LogP contribution in [0.25, 0.3) is 10.2 Å². The van der Waals surface area contributed by atoms with Crippen LogP contribution in [-0.2, 0) is 13.0 Å². The van der Waals surface area contributed by atoms with Crippen LogP contribution in [0.5, 0.6) is 0 Å². The zero-order valence-electron chi connectivity index (χ0n) is 12.0. The lowest BCUT2D eigenvalue weighted by molar-refractivity contribution is 0.744. The highest BCUT2D eigenvalue weighted by Crippen LogP contribution is 2.33. The first kappa shape index (κ1) is 14.4. The van der Waals surface area contributed by atoms with Gasteiger partial charge in [-0.15, -0.1) is 32.9 Å². The molecule has 1 atom stereocenters. The SMILES string of the molecule is Cc1c(CC(C)N)sc2c(NCc3cccs3)nnnc12. The number of hydrogen-bond acceptors (Lipinski definition) is 7. The van der Waals surface area contributed by atoms with E-state index >= 15 is 0 Å². The van der Waals surface area contributed by atoms with E-state index < -0.39 is 0 Å². The normalized spacial score (nSPS) is 12.7. The van der Waals surface area contributed by atoms with E-state index in [0.29, 0.717) is 0 Å². The lowest BCUT2D eigenvalue weighted by Gasteiger charge is -2.03. The lowest BCUT2D eigenvalue weighted by Crippen LogP contribution is -2.17. The average molecular weight is 319 g/mol. The summed E-state index contributed by atoms with van der Waals surface area (Å²) in [5.41, 5.74) is 8.01. The van der Waals surface area contributed by atoms with Crippen LogP contribution in [0.15, 0.2) is 17.5 Å². The van der Waals surface area contributed by atoms with Crippen molar-refractivity contribution in [3.8, 4) is 0 Å². The highest BCUT2D eigenvalue weighted by molar-refractivity contribution is 7.19. The van der Waals surface area contributed by atoms with Gasteiger partial charge in [0.05, 0.1) is 11.2 Å². The molecule has 0 spiro atoms. The van der Waals surface area contributed by atoms with Gasteiger partial charge in [-0.05, 0) is 42.5 Å². The van der Waals surface area contributed by atoms with Crippen LogP contribution in [0.2, 0.25) is 0 Å². The molecular formula is C14H17N5S2. The maximum atomic E-state index is 5.92. The number of nitrogens with one attached hydrogen (secondary N) is 1. The Morgan fingerprint density at radius 3 is 2.95 bits per heavy atom. The van der Waals surface area contributed by atoms with Crippen molar-refractivity contribution in [2.24, 2.45) is 5.73 Å². The molecule has 1 unspecified atom stereocenters. The third kappa shape index (κ3) is 3.04. The number of nitrogens with two attached hydrogens (primary N) is 1. The number of fused-ring (bicyclic) bond motifs is 1. The summed E-state index contributed by atoms with van der Waals surface area (Å²) in [5, 5.41) is 17.6. The number of hydrogen-bond donors (Lipinski definition) is 2. The number of anilines is 1. The first-order chi connectivity index (χ1) is 10.1. The molecule has 0 aliphatic carbocycles. The topological polar surface area (TPSA) is 76.7 Å². The van der Waals surface area contributed by atoms with Gasteiger partial charge < -0.3 is 11.1 Å². The molecule has 0 amide bonds. The first-order valence-electron chi connectivity index (χ1n) is 6.78. The van der Waals surface area contributed by atoms with E-state index in [1.165, 1.54) is 15.3 Å². The highest BCUT2D eigenvalue weighted by Gasteiger charge is 2.15. The highest BCUT2D eigenvalue weighted by atomic mass is 32.1. The van der Waals surface area contributed by atoms with E-state index in [-0.39, 0.29) is 6.04 Å². The molecule has 3 N–H and O–H groups in total. The van der Waals surface area contributed by atoms with Crippen molar-refractivity contribution in [3.63, 3.8) is 0 Å². The molecular weight excluding hydrogens is 302 g/mol. The predicted molar refractivity (Wildman–Crippen MR) is 88.9 cm³/mol. The third-order valence-electron chi connectivity index (χ3n) is 3.24. The zero-order chi connectivity index (χ0) is 14.8. The molecule has 7 heteroatoms. The fourth-order valence-corrected chi connectivity index (χ4v) is 4.16. The van der Waals surface area contributed by atoms with E-state index in [2.05, 4.69) is 39.1 Å². The number of nitrogens with zero attached hydrogens (tertiary/aromatic N) is 3. The largest absolute Gasteiger partial charge is 0.362 e. The molecule has 3 heterocycles. The van der Waals surface area contributed by atoms with Gasteiger partial charge in [0, 0.05) is 15.8 Å². The summed E-state index contributed by atoms with van der Waals surface area (Å²) in [4.78, 5) is 2.53. The van der Waals surface area contributed by atoms with Gasteiger partial charge in [0.25, 0.3) is 0 Å². The molecule has 3 aromatic heterocycles. The fraction of sp³-hybridized carbons (Fsp3) is 0.357. The molecule has 0 aliphatic heterocycles. The summed E-state index contributed by atoms with van der Waals surface area (Å²) in [5.74, 6) is 0.803. The second-order valence-electron chi connectivity index (χ2n) is 5.08. The molecule has 0 saturated heterocycles. The van der Waals surface area contributed by atoms with Crippen LogP contribution in [0.4, 0.5) is 5.82 Å². The number of thiophene rings is 2. The van der Waals surface area contributed by atoms with Gasteiger partial charge in [0.1, 0.15) is 5.52 Å². The van der Waals surface area contributed by atoms with Crippen molar-refractivity contribution < 1.29 is 0 Å². The van der Waals surface area contributed by atoms with E-state index in [0.717, 1.165) is 29.0 Å². The molecule has 0 saturated carbocycles. The first-order valence-corrected chi connectivity index (χ1v) is 8.48. The van der Waals surface area contributed by atoms with Crippen molar-refractivity contribution in [3.05, 3.63) is 32.8 Å². The lowest BCUT2D eigenvalue weighted by atomic mass is 10.1. The maximum absolute atomic E-state index is 5.92. The Labute approximate surface area is 131 Å². The van der Waals surface area contributed by atoms with Crippen molar-refractivity contribution >= 4 is 38.7 Å².